The minimum atomic E-state index is -3.11. The minimum Gasteiger partial charge on any atom is -0.305 e. The second-order valence-corrected chi connectivity index (χ2v) is 7.53. The van der Waals surface area contributed by atoms with Crippen LogP contribution in [0, 0.1) is 5.92 Å². The average Bonchev–Trinajstić information content (AvgIpc) is 1.99. The summed E-state index contributed by atoms with van der Waals surface area (Å²) in [6.07, 6.45) is -0.244. The second kappa shape index (κ2) is 6.29. The summed E-state index contributed by atoms with van der Waals surface area (Å²) in [4.78, 5) is -0.373. The van der Waals surface area contributed by atoms with Crippen LogP contribution in [-0.2, 0) is 13.6 Å². The van der Waals surface area contributed by atoms with Gasteiger partial charge >= 0.3 is 7.60 Å². The van der Waals surface area contributed by atoms with Gasteiger partial charge < -0.3 is 9.05 Å². The molecule has 0 aliphatic heterocycles. The number of rotatable bonds is 6. The maximum atomic E-state index is 12.5. The average molecular weight is 254 g/mol. The van der Waals surface area contributed by atoms with E-state index in [1.165, 1.54) is 0 Å². The molecule has 3 nitrogen and oxygen atoms in total. The van der Waals surface area contributed by atoms with E-state index < -0.39 is 7.60 Å². The maximum Gasteiger partial charge on any atom is 0.344 e. The van der Waals surface area contributed by atoms with Crippen molar-refractivity contribution in [3.8, 4) is 0 Å². The Morgan fingerprint density at radius 1 is 0.933 bits per heavy atom. The van der Waals surface area contributed by atoms with E-state index in [2.05, 4.69) is 12.6 Å². The van der Waals surface area contributed by atoms with Gasteiger partial charge in [-0.1, -0.05) is 13.8 Å². The molecular weight excluding hydrogens is 231 g/mol. The molecule has 0 aliphatic rings. The summed E-state index contributed by atoms with van der Waals surface area (Å²) >= 11 is 4.34. The summed E-state index contributed by atoms with van der Waals surface area (Å²) < 4.78 is 23.3. The van der Waals surface area contributed by atoms with Gasteiger partial charge in [-0.25, -0.2) is 0 Å². The Kier molecular flexibility index (Phi) is 6.50. The SMILES string of the molecule is CC(C)OP(=O)(OC(C)C)C(S)C(C)C. The first-order valence-electron chi connectivity index (χ1n) is 5.33. The molecule has 0 spiro atoms. The molecule has 0 rings (SSSR count). The Bertz CT molecular complexity index is 215. The normalized spacial score (nSPS) is 15.3. The van der Waals surface area contributed by atoms with Gasteiger partial charge in [0.1, 0.15) is 4.99 Å². The van der Waals surface area contributed by atoms with Crippen LogP contribution in [0.3, 0.4) is 0 Å². The summed E-state index contributed by atoms with van der Waals surface area (Å²) in [6, 6.07) is 0. The molecule has 0 aromatic heterocycles. The zero-order valence-electron chi connectivity index (χ0n) is 10.4. The monoisotopic (exact) mass is 254 g/mol. The molecule has 1 atom stereocenters. The van der Waals surface area contributed by atoms with E-state index in [1.807, 2.05) is 41.5 Å². The quantitative estimate of drug-likeness (QED) is 0.576. The third-order valence-corrected chi connectivity index (χ3v) is 5.76. The van der Waals surface area contributed by atoms with E-state index in [9.17, 15) is 4.57 Å². The van der Waals surface area contributed by atoms with Crippen molar-refractivity contribution in [3.05, 3.63) is 0 Å². The lowest BCUT2D eigenvalue weighted by Crippen LogP contribution is -2.18. The fourth-order valence-electron chi connectivity index (χ4n) is 1.10. The van der Waals surface area contributed by atoms with Crippen LogP contribution in [0.15, 0.2) is 0 Å². The molecule has 0 radical (unpaired) electrons. The molecule has 92 valence electrons. The summed E-state index contributed by atoms with van der Waals surface area (Å²) in [5.74, 6) is 0.150. The molecular formula is C10H23O3PS. The highest BCUT2D eigenvalue weighted by atomic mass is 32.1. The first kappa shape index (κ1) is 15.5. The second-order valence-electron chi connectivity index (χ2n) is 4.51. The Morgan fingerprint density at radius 2 is 1.27 bits per heavy atom. The Balaban J connectivity index is 4.77. The van der Waals surface area contributed by atoms with Gasteiger partial charge in [0.05, 0.1) is 12.2 Å². The van der Waals surface area contributed by atoms with Gasteiger partial charge in [-0.05, 0) is 33.6 Å². The molecule has 0 N–H and O–H groups in total. The zero-order valence-corrected chi connectivity index (χ0v) is 12.2. The van der Waals surface area contributed by atoms with Crippen LogP contribution in [-0.4, -0.2) is 17.2 Å². The van der Waals surface area contributed by atoms with E-state index in [-0.39, 0.29) is 23.1 Å². The highest BCUT2D eigenvalue weighted by molar-refractivity contribution is 7.90. The molecule has 5 heteroatoms. The van der Waals surface area contributed by atoms with Crippen molar-refractivity contribution in [1.29, 1.82) is 0 Å². The van der Waals surface area contributed by atoms with Crippen LogP contribution < -0.4 is 0 Å². The lowest BCUT2D eigenvalue weighted by atomic mass is 10.3. The molecule has 0 saturated carbocycles. The standard InChI is InChI=1S/C10H23O3PS/c1-7(2)10(15)14(11,12-8(3)4)13-9(5)6/h7-10,15H,1-6H3. The first-order chi connectivity index (χ1) is 6.69. The summed E-state index contributed by atoms with van der Waals surface area (Å²) in [6.45, 7) is 11.3. The van der Waals surface area contributed by atoms with E-state index in [0.29, 0.717) is 0 Å². The largest absolute Gasteiger partial charge is 0.344 e. The van der Waals surface area contributed by atoms with E-state index in [1.54, 1.807) is 0 Å². The highest BCUT2D eigenvalue weighted by Gasteiger charge is 2.37. The molecule has 0 fully saturated rings. The van der Waals surface area contributed by atoms with Crippen molar-refractivity contribution in [1.82, 2.24) is 0 Å². The van der Waals surface area contributed by atoms with Crippen LogP contribution in [0.5, 0.6) is 0 Å². The Morgan fingerprint density at radius 3 is 1.47 bits per heavy atom. The van der Waals surface area contributed by atoms with Gasteiger partial charge in [0, 0.05) is 0 Å². The molecule has 1 unspecified atom stereocenters. The molecule has 0 heterocycles. The van der Waals surface area contributed by atoms with Crippen molar-refractivity contribution in [2.24, 2.45) is 5.92 Å². The van der Waals surface area contributed by atoms with Crippen molar-refractivity contribution < 1.29 is 13.6 Å². The zero-order chi connectivity index (χ0) is 12.2. The van der Waals surface area contributed by atoms with Crippen LogP contribution in [0.2, 0.25) is 0 Å². The molecule has 0 aliphatic carbocycles. The molecule has 0 bridgehead atoms. The maximum absolute atomic E-state index is 12.5. The van der Waals surface area contributed by atoms with Crippen molar-refractivity contribution in [3.63, 3.8) is 0 Å². The highest BCUT2D eigenvalue weighted by Crippen LogP contribution is 2.58. The van der Waals surface area contributed by atoms with Gasteiger partial charge in [-0.15, -0.1) is 0 Å². The first-order valence-corrected chi connectivity index (χ1v) is 7.46. The smallest absolute Gasteiger partial charge is 0.305 e. The van der Waals surface area contributed by atoms with Gasteiger partial charge in [-0.3, -0.25) is 4.57 Å². The van der Waals surface area contributed by atoms with E-state index >= 15 is 0 Å². The number of hydrogen-bond donors (Lipinski definition) is 1. The van der Waals surface area contributed by atoms with Crippen LogP contribution in [0.4, 0.5) is 0 Å². The molecule has 0 amide bonds. The Labute approximate surface area is 98.9 Å². The molecule has 0 aromatic rings. The van der Waals surface area contributed by atoms with E-state index in [4.69, 9.17) is 9.05 Å². The lowest BCUT2D eigenvalue weighted by Gasteiger charge is -2.29. The van der Waals surface area contributed by atoms with Crippen molar-refractivity contribution >= 4 is 20.2 Å². The topological polar surface area (TPSA) is 35.5 Å². The number of hydrogen-bond acceptors (Lipinski definition) is 4. The molecule has 15 heavy (non-hydrogen) atoms. The number of thiol groups is 1. The lowest BCUT2D eigenvalue weighted by molar-refractivity contribution is 0.139. The minimum absolute atomic E-state index is 0.122. The van der Waals surface area contributed by atoms with Crippen LogP contribution in [0.1, 0.15) is 41.5 Å². The fraction of sp³-hybridized carbons (Fsp3) is 1.00. The third kappa shape index (κ3) is 5.39. The summed E-state index contributed by atoms with van der Waals surface area (Å²) in [7, 11) is -3.11. The van der Waals surface area contributed by atoms with E-state index in [0.717, 1.165) is 0 Å². The van der Waals surface area contributed by atoms with Crippen molar-refractivity contribution in [2.45, 2.75) is 58.7 Å². The fourth-order valence-corrected chi connectivity index (χ4v) is 3.63. The van der Waals surface area contributed by atoms with Gasteiger partial charge in [-0.2, -0.15) is 12.6 Å². The Hall–Kier alpha value is 0.500. The third-order valence-electron chi connectivity index (χ3n) is 1.64. The predicted molar refractivity (Wildman–Crippen MR) is 67.7 cm³/mol. The van der Waals surface area contributed by atoms with Gasteiger partial charge in [0.25, 0.3) is 0 Å². The van der Waals surface area contributed by atoms with Gasteiger partial charge in [0.15, 0.2) is 0 Å². The summed E-state index contributed by atoms with van der Waals surface area (Å²) in [5.41, 5.74) is 0. The van der Waals surface area contributed by atoms with Crippen LogP contribution >= 0.6 is 20.2 Å². The molecule has 0 saturated heterocycles. The van der Waals surface area contributed by atoms with Crippen LogP contribution in [0.25, 0.3) is 0 Å². The predicted octanol–water partition coefficient (Wildman–Crippen LogP) is 3.94. The summed E-state index contributed by atoms with van der Waals surface area (Å²) in [5, 5.41) is 0. The van der Waals surface area contributed by atoms with Crippen molar-refractivity contribution in [2.75, 3.05) is 0 Å². The van der Waals surface area contributed by atoms with Gasteiger partial charge in [0.2, 0.25) is 0 Å². The molecule has 0 aromatic carbocycles.